The maximum atomic E-state index is 9.72. The van der Waals surface area contributed by atoms with E-state index in [1.807, 2.05) is 0 Å². The molecule has 5 heteroatoms. The second-order valence-electron chi connectivity index (χ2n) is 2.39. The van der Waals surface area contributed by atoms with E-state index in [1.54, 1.807) is 5.37 Å². The topological polar surface area (TPSA) is 40.5 Å². The first-order valence-electron chi connectivity index (χ1n) is 3.26. The van der Waals surface area contributed by atoms with Crippen LogP contribution < -0.4 is 0 Å². The van der Waals surface area contributed by atoms with Crippen molar-refractivity contribution in [3.8, 4) is 0 Å². The van der Waals surface area contributed by atoms with Gasteiger partial charge in [-0.1, -0.05) is 12.2 Å². The maximum Gasteiger partial charge on any atom is 0.123 e. The van der Waals surface area contributed by atoms with Crippen molar-refractivity contribution in [1.82, 2.24) is 0 Å². The second-order valence-corrected chi connectivity index (χ2v) is 5.28. The Morgan fingerprint density at radius 3 is 2.91 bits per heavy atom. The zero-order chi connectivity index (χ0) is 8.32. The molecule has 2 N–H and O–H groups in total. The number of hydrogen-bond donors (Lipinski definition) is 2. The number of thiocarbonyl (C=S) groups is 1. The van der Waals surface area contributed by atoms with Gasteiger partial charge < -0.3 is 10.2 Å². The summed E-state index contributed by atoms with van der Waals surface area (Å²) in [6, 6.07) is 0. The number of hydrogen-bond acceptors (Lipinski definition) is 5. The molecule has 0 aromatic rings. The van der Waals surface area contributed by atoms with E-state index in [1.165, 1.54) is 23.5 Å². The van der Waals surface area contributed by atoms with Gasteiger partial charge in [-0.05, 0) is 5.37 Å². The molecule has 0 radical (unpaired) electrons. The van der Waals surface area contributed by atoms with Crippen molar-refractivity contribution < 1.29 is 10.2 Å². The quantitative estimate of drug-likeness (QED) is 0.662. The Kier molecular flexibility index (Phi) is 3.64. The van der Waals surface area contributed by atoms with Crippen LogP contribution in [0.1, 0.15) is 6.42 Å². The van der Waals surface area contributed by atoms with Gasteiger partial charge in [0.15, 0.2) is 0 Å². The van der Waals surface area contributed by atoms with Gasteiger partial charge in [0.1, 0.15) is 10.4 Å². The van der Waals surface area contributed by atoms with Crippen LogP contribution in [0.25, 0.3) is 0 Å². The maximum absolute atomic E-state index is 9.72. The van der Waals surface area contributed by atoms with Crippen LogP contribution in [-0.4, -0.2) is 37.5 Å². The molecule has 1 rings (SSSR count). The summed E-state index contributed by atoms with van der Waals surface area (Å²) in [4.78, 5) is -0.731. The standard InChI is InChI=1S/C6H10O2S3/c7-5-3-11-6(8,1-2-9)4-10-5/h2,5,7-8H,1,3-4H2. The lowest BCUT2D eigenvalue weighted by molar-refractivity contribution is 0.167. The number of thioether (sulfide) groups is 2. The summed E-state index contributed by atoms with van der Waals surface area (Å²) < 4.78 is 0. The van der Waals surface area contributed by atoms with Crippen LogP contribution in [-0.2, 0) is 0 Å². The molecular formula is C6H10O2S3. The molecule has 0 amide bonds. The summed E-state index contributed by atoms with van der Waals surface area (Å²) in [5, 5.41) is 20.4. The fourth-order valence-corrected chi connectivity index (χ4v) is 3.52. The van der Waals surface area contributed by atoms with Crippen LogP contribution in [0.5, 0.6) is 0 Å². The molecule has 0 aromatic heterocycles. The van der Waals surface area contributed by atoms with Crippen molar-refractivity contribution in [2.45, 2.75) is 16.8 Å². The molecular weight excluding hydrogens is 200 g/mol. The Morgan fingerprint density at radius 2 is 2.45 bits per heavy atom. The summed E-state index contributed by atoms with van der Waals surface area (Å²) >= 11 is 7.43. The predicted molar refractivity (Wildman–Crippen MR) is 54.1 cm³/mol. The van der Waals surface area contributed by atoms with E-state index in [4.69, 9.17) is 5.11 Å². The zero-order valence-corrected chi connectivity index (χ0v) is 8.34. The molecule has 64 valence electrons. The van der Waals surface area contributed by atoms with Gasteiger partial charge in [0, 0.05) is 17.9 Å². The Hall–Kier alpha value is 0.710. The van der Waals surface area contributed by atoms with Gasteiger partial charge in [-0.15, -0.1) is 23.5 Å². The number of rotatable bonds is 2. The van der Waals surface area contributed by atoms with Crippen LogP contribution in [0.4, 0.5) is 0 Å². The molecule has 11 heavy (non-hydrogen) atoms. The van der Waals surface area contributed by atoms with Gasteiger partial charge in [0.25, 0.3) is 0 Å². The van der Waals surface area contributed by atoms with Gasteiger partial charge in [-0.3, -0.25) is 0 Å². The van der Waals surface area contributed by atoms with Crippen molar-refractivity contribution >= 4 is 41.1 Å². The molecule has 1 aliphatic heterocycles. The molecule has 0 spiro atoms. The third-order valence-electron chi connectivity index (χ3n) is 1.40. The summed E-state index contributed by atoms with van der Waals surface area (Å²) in [6.45, 7) is 0. The van der Waals surface area contributed by atoms with E-state index in [2.05, 4.69) is 12.2 Å². The number of aliphatic hydroxyl groups is 2. The molecule has 0 aliphatic carbocycles. The summed E-state index contributed by atoms with van der Waals surface area (Å²) in [7, 11) is 0. The third-order valence-corrected chi connectivity index (χ3v) is 4.48. The van der Waals surface area contributed by atoms with Crippen molar-refractivity contribution in [2.75, 3.05) is 11.5 Å². The van der Waals surface area contributed by atoms with Crippen molar-refractivity contribution in [2.24, 2.45) is 0 Å². The molecule has 2 atom stereocenters. The SMILES string of the molecule is OC1CSC(O)(CC=S)CS1. The van der Waals surface area contributed by atoms with Gasteiger partial charge in [-0.25, -0.2) is 0 Å². The lowest BCUT2D eigenvalue weighted by Gasteiger charge is -2.31. The lowest BCUT2D eigenvalue weighted by Crippen LogP contribution is -2.34. The highest BCUT2D eigenvalue weighted by Crippen LogP contribution is 2.37. The van der Waals surface area contributed by atoms with Crippen LogP contribution in [0, 0.1) is 0 Å². The van der Waals surface area contributed by atoms with Crippen molar-refractivity contribution in [3.05, 3.63) is 0 Å². The minimum Gasteiger partial charge on any atom is -0.382 e. The largest absolute Gasteiger partial charge is 0.382 e. The van der Waals surface area contributed by atoms with Crippen molar-refractivity contribution in [3.63, 3.8) is 0 Å². The molecule has 1 saturated heterocycles. The van der Waals surface area contributed by atoms with E-state index in [0.29, 0.717) is 17.9 Å². The number of aliphatic hydroxyl groups excluding tert-OH is 1. The Balaban J connectivity index is 2.41. The molecule has 0 saturated carbocycles. The van der Waals surface area contributed by atoms with Crippen LogP contribution in [0.15, 0.2) is 0 Å². The molecule has 2 unspecified atom stereocenters. The van der Waals surface area contributed by atoms with Crippen LogP contribution >= 0.6 is 35.7 Å². The fraction of sp³-hybridized carbons (Fsp3) is 0.833. The lowest BCUT2D eigenvalue weighted by atomic mass is 10.3. The van der Waals surface area contributed by atoms with Gasteiger partial charge in [0.2, 0.25) is 0 Å². The molecule has 1 fully saturated rings. The van der Waals surface area contributed by atoms with Gasteiger partial charge in [-0.2, -0.15) is 0 Å². The van der Waals surface area contributed by atoms with Crippen LogP contribution in [0.2, 0.25) is 0 Å². The first kappa shape index (κ1) is 9.80. The Bertz CT molecular complexity index is 143. The third kappa shape index (κ3) is 2.91. The van der Waals surface area contributed by atoms with Crippen molar-refractivity contribution in [1.29, 1.82) is 0 Å². The minimum absolute atomic E-state index is 0.328. The highest BCUT2D eigenvalue weighted by molar-refractivity contribution is 8.07. The molecule has 0 bridgehead atoms. The normalized spacial score (nSPS) is 38.5. The monoisotopic (exact) mass is 210 g/mol. The zero-order valence-electron chi connectivity index (χ0n) is 5.90. The highest BCUT2D eigenvalue weighted by Gasteiger charge is 2.32. The van der Waals surface area contributed by atoms with Crippen LogP contribution in [0.3, 0.4) is 0 Å². The molecule has 1 heterocycles. The van der Waals surface area contributed by atoms with E-state index in [0.717, 1.165) is 0 Å². The average molecular weight is 210 g/mol. The van der Waals surface area contributed by atoms with Gasteiger partial charge >= 0.3 is 0 Å². The minimum atomic E-state index is -0.731. The van der Waals surface area contributed by atoms with E-state index in [-0.39, 0.29) is 5.44 Å². The first-order chi connectivity index (χ1) is 5.16. The van der Waals surface area contributed by atoms with E-state index >= 15 is 0 Å². The summed E-state index contributed by atoms with van der Waals surface area (Å²) in [5.74, 6) is 1.15. The summed E-state index contributed by atoms with van der Waals surface area (Å²) in [6.07, 6.45) is 0.521. The average Bonchev–Trinajstić information content (AvgIpc) is 1.97. The smallest absolute Gasteiger partial charge is 0.123 e. The van der Waals surface area contributed by atoms with E-state index in [9.17, 15) is 5.11 Å². The Labute approximate surface area is 79.8 Å². The Morgan fingerprint density at radius 1 is 1.73 bits per heavy atom. The van der Waals surface area contributed by atoms with Gasteiger partial charge in [0.05, 0.1) is 0 Å². The first-order valence-corrected chi connectivity index (χ1v) is 5.76. The fourth-order valence-electron chi connectivity index (χ4n) is 0.791. The predicted octanol–water partition coefficient (Wildman–Crippen LogP) is 0.863. The highest BCUT2D eigenvalue weighted by atomic mass is 32.2. The second kappa shape index (κ2) is 4.09. The molecule has 2 nitrogen and oxygen atoms in total. The van der Waals surface area contributed by atoms with E-state index < -0.39 is 4.93 Å². The summed E-state index contributed by atoms with van der Waals surface area (Å²) in [5.41, 5.74) is -0.328. The molecule has 1 aliphatic rings. The molecule has 0 aromatic carbocycles.